The Kier molecular flexibility index (Phi) is 16.0. The van der Waals surface area contributed by atoms with Gasteiger partial charge in [-0.05, 0) is 118 Å². The van der Waals surface area contributed by atoms with Gasteiger partial charge in [-0.1, -0.05) is 92.1 Å². The van der Waals surface area contributed by atoms with Crippen molar-refractivity contribution in [1.82, 2.24) is 5.32 Å². The van der Waals surface area contributed by atoms with Crippen LogP contribution in [0.5, 0.6) is 0 Å². The number of aliphatic hydroxyl groups excluding tert-OH is 1. The van der Waals surface area contributed by atoms with E-state index in [2.05, 4.69) is 53.8 Å². The van der Waals surface area contributed by atoms with Crippen molar-refractivity contribution in [2.24, 2.45) is 50.5 Å². The lowest BCUT2D eigenvalue weighted by Crippen LogP contribution is -2.26. The van der Waals surface area contributed by atoms with Crippen LogP contribution in [0.25, 0.3) is 0 Å². The number of hydrogen-bond donors (Lipinski definition) is 2. The first kappa shape index (κ1) is 48.3. The molecule has 0 spiro atoms. The summed E-state index contributed by atoms with van der Waals surface area (Å²) in [4.78, 5) is 56.4. The van der Waals surface area contributed by atoms with Crippen LogP contribution in [0.4, 0.5) is 0 Å². The molecule has 2 N–H and O–H groups in total. The Hall–Kier alpha value is -5.12. The number of esters is 2. The monoisotopic (exact) mass is 873 g/mol. The van der Waals surface area contributed by atoms with Crippen molar-refractivity contribution in [1.29, 1.82) is 0 Å². The van der Waals surface area contributed by atoms with Gasteiger partial charge >= 0.3 is 11.9 Å². The molecule has 5 heterocycles. The summed E-state index contributed by atoms with van der Waals surface area (Å²) in [6.07, 6.45) is 21.4. The van der Waals surface area contributed by atoms with Crippen LogP contribution in [0.15, 0.2) is 119 Å². The number of ether oxygens (including phenoxy) is 2. The molecule has 10 nitrogen and oxygen atoms in total. The molecule has 0 aromatic rings. The summed E-state index contributed by atoms with van der Waals surface area (Å²) in [5.41, 5.74) is 11.5. The zero-order chi connectivity index (χ0) is 46.4. The van der Waals surface area contributed by atoms with Gasteiger partial charge in [-0.3, -0.25) is 14.4 Å². The predicted molar refractivity (Wildman–Crippen MR) is 258 cm³/mol. The molecule has 0 radical (unpaired) electrons. The van der Waals surface area contributed by atoms with Gasteiger partial charge in [-0.15, -0.1) is 0 Å². The molecule has 10 heteroatoms. The van der Waals surface area contributed by atoms with E-state index in [1.807, 2.05) is 45.1 Å². The van der Waals surface area contributed by atoms with Crippen molar-refractivity contribution < 1.29 is 29.0 Å². The molecule has 0 aromatic carbocycles. The van der Waals surface area contributed by atoms with Crippen molar-refractivity contribution in [3.8, 4) is 0 Å². The van der Waals surface area contributed by atoms with E-state index >= 15 is 0 Å². The smallest absolute Gasteiger partial charge is 0.321 e. The largest absolute Gasteiger partial charge is 0.515 e. The third-order valence-electron chi connectivity index (χ3n) is 14.2. The summed E-state index contributed by atoms with van der Waals surface area (Å²) in [6, 6.07) is 0. The van der Waals surface area contributed by atoms with E-state index in [-0.39, 0.29) is 36.6 Å². The number of carbonyl (C=O) groups is 3. The fourth-order valence-corrected chi connectivity index (χ4v) is 10.1. The zero-order valence-corrected chi connectivity index (χ0v) is 40.4. The second kappa shape index (κ2) is 21.2. The average molecular weight is 873 g/mol. The lowest BCUT2D eigenvalue weighted by atomic mass is 9.85. The Morgan fingerprint density at radius 1 is 0.859 bits per heavy atom. The minimum absolute atomic E-state index is 0.137. The molecule has 2 fully saturated rings. The minimum atomic E-state index is -1.21. The third kappa shape index (κ3) is 10.5. The lowest BCUT2D eigenvalue weighted by Gasteiger charge is -2.19. The average Bonchev–Trinajstić information content (AvgIpc) is 3.99. The van der Waals surface area contributed by atoms with E-state index in [0.29, 0.717) is 63.1 Å². The van der Waals surface area contributed by atoms with Crippen LogP contribution < -0.4 is 5.32 Å². The Morgan fingerprint density at radius 2 is 1.52 bits per heavy atom. The first-order valence-electron chi connectivity index (χ1n) is 23.9. The zero-order valence-electron chi connectivity index (χ0n) is 40.4. The third-order valence-corrected chi connectivity index (χ3v) is 14.2. The molecule has 0 unspecified atom stereocenters. The van der Waals surface area contributed by atoms with Gasteiger partial charge in [0.2, 0.25) is 0 Å². The van der Waals surface area contributed by atoms with Gasteiger partial charge in [-0.2, -0.15) is 0 Å². The number of rotatable bonds is 19. The number of fused-ring (bicyclic) bond motifs is 5. The van der Waals surface area contributed by atoms with Gasteiger partial charge in [0.25, 0.3) is 0 Å². The molecule has 1 saturated heterocycles. The number of aliphatic imine (C=N–C) groups is 3. The first-order chi connectivity index (χ1) is 30.6. The quantitative estimate of drug-likeness (QED) is 0.0570. The normalized spacial score (nSPS) is 23.4. The van der Waals surface area contributed by atoms with Gasteiger partial charge in [0.15, 0.2) is 5.78 Å². The summed E-state index contributed by atoms with van der Waals surface area (Å²) in [5.74, 6) is -0.697. The molecule has 0 aromatic heterocycles. The fraction of sp³-hybridized carbons (Fsp3) is 0.556. The number of aliphatic hydroxyl groups is 1. The molecule has 344 valence electrons. The van der Waals surface area contributed by atoms with Gasteiger partial charge in [-0.25, -0.2) is 15.0 Å². The van der Waals surface area contributed by atoms with Gasteiger partial charge in [0.05, 0.1) is 47.6 Å². The summed E-state index contributed by atoms with van der Waals surface area (Å²) in [6.45, 7) is 21.7. The topological polar surface area (TPSA) is 139 Å². The van der Waals surface area contributed by atoms with Crippen molar-refractivity contribution in [2.45, 2.75) is 146 Å². The number of nitrogens with one attached hydrogen (secondary N) is 1. The van der Waals surface area contributed by atoms with Crippen LogP contribution in [-0.2, 0) is 23.9 Å². The predicted octanol–water partition coefficient (Wildman–Crippen LogP) is 12.0. The number of methoxy groups -OCH3 is 1. The molecule has 1 aliphatic carbocycles. The number of allylic oxidation sites excluding steroid dienone is 12. The molecule has 6 aliphatic rings. The van der Waals surface area contributed by atoms with E-state index in [0.717, 1.165) is 71.2 Å². The van der Waals surface area contributed by atoms with E-state index in [1.165, 1.54) is 57.6 Å². The van der Waals surface area contributed by atoms with Crippen LogP contribution in [0.2, 0.25) is 0 Å². The number of Topliss-reactive ketones (excluding diaryl/α,β-unsaturated/α-hetero) is 1. The standard InChI is InChI=1S/C54H72N4O6/c1-12-38-34(7)42-27-46-40(29-59)36(9)41(56-46)26-43-35(8)39(51(57-43)49-50(54(62)63-11)53(61)48-37(10)44(58-52(48)49)28-45(38)55-42)22-23-47(60)64-25-24-33(6)21-15-20-32(5)19-14-18-31(4)17-13-16-30(2)3/h24,26-32,35,39,50,57,59H,12-23,25H2,1-11H3/b33-24+,40-29?,42-27?,43-26?,44-28?,51-49?/t31-,32-,35+,39+,50+/m1/s1. The maximum atomic E-state index is 14.4. The van der Waals surface area contributed by atoms with Crippen molar-refractivity contribution >= 4 is 34.9 Å². The van der Waals surface area contributed by atoms with Crippen molar-refractivity contribution in [2.75, 3.05) is 13.7 Å². The highest BCUT2D eigenvalue weighted by Crippen LogP contribution is 2.47. The number of nitrogens with zero attached hydrogens (tertiary/aromatic N) is 3. The molecule has 0 amide bonds. The number of hydrogen-bond acceptors (Lipinski definition) is 10. The molecule has 1 saturated carbocycles. The van der Waals surface area contributed by atoms with Gasteiger partial charge < -0.3 is 19.9 Å². The van der Waals surface area contributed by atoms with Crippen LogP contribution in [0.1, 0.15) is 146 Å². The summed E-state index contributed by atoms with van der Waals surface area (Å²) in [7, 11) is 1.29. The lowest BCUT2D eigenvalue weighted by molar-refractivity contribution is -0.146. The second-order valence-corrected chi connectivity index (χ2v) is 19.4. The Balaban J connectivity index is 1.20. The molecule has 8 bridgehead atoms. The molecule has 5 atom stereocenters. The number of carbonyl (C=O) groups excluding carboxylic acids is 3. The highest BCUT2D eigenvalue weighted by molar-refractivity contribution is 6.42. The van der Waals surface area contributed by atoms with Crippen LogP contribution >= 0.6 is 0 Å². The Morgan fingerprint density at radius 3 is 2.17 bits per heavy atom. The maximum Gasteiger partial charge on any atom is 0.321 e. The Bertz CT molecular complexity index is 2300. The van der Waals surface area contributed by atoms with Crippen LogP contribution in [0.3, 0.4) is 0 Å². The molecule has 6 rings (SSSR count). The fourth-order valence-electron chi connectivity index (χ4n) is 10.1. The highest BCUT2D eigenvalue weighted by Gasteiger charge is 2.52. The van der Waals surface area contributed by atoms with Crippen molar-refractivity contribution in [3.63, 3.8) is 0 Å². The second-order valence-electron chi connectivity index (χ2n) is 19.4. The van der Waals surface area contributed by atoms with Gasteiger partial charge in [0, 0.05) is 46.4 Å². The summed E-state index contributed by atoms with van der Waals surface area (Å²) in [5, 5.41) is 14.0. The van der Waals surface area contributed by atoms with Crippen molar-refractivity contribution in [3.05, 3.63) is 104 Å². The van der Waals surface area contributed by atoms with Crippen LogP contribution in [-0.4, -0.2) is 53.7 Å². The minimum Gasteiger partial charge on any atom is -0.515 e. The van der Waals surface area contributed by atoms with Gasteiger partial charge in [0.1, 0.15) is 12.5 Å². The van der Waals surface area contributed by atoms with E-state index in [1.54, 1.807) is 0 Å². The molecule has 64 heavy (non-hydrogen) atoms. The first-order valence-corrected chi connectivity index (χ1v) is 23.9. The van der Waals surface area contributed by atoms with E-state index < -0.39 is 11.9 Å². The molecule has 5 aliphatic heterocycles. The van der Waals surface area contributed by atoms with Crippen LogP contribution in [0, 0.1) is 35.5 Å². The SMILES string of the molecule is CCC1=C(C)C2=CC3=NC(=C(C)C3=CO)C=C3NC(=C4C5=NC(=CC1=N2)C(C)=C5C(=O)[C@H]4C(=O)OC)[C@@H](CCC(=O)OC/C=C(\C)CCC[C@H](C)CCC[C@H](C)CCCC(C)C)[C@@H]3C. The summed E-state index contributed by atoms with van der Waals surface area (Å²) < 4.78 is 11.0. The molecular formula is C54H72N4O6. The number of ketones is 1. The Labute approximate surface area is 382 Å². The van der Waals surface area contributed by atoms with E-state index in [9.17, 15) is 19.5 Å². The highest BCUT2D eigenvalue weighted by atomic mass is 16.5. The van der Waals surface area contributed by atoms with E-state index in [4.69, 9.17) is 24.5 Å². The maximum absolute atomic E-state index is 14.4. The molecular weight excluding hydrogens is 801 g/mol. The summed E-state index contributed by atoms with van der Waals surface area (Å²) >= 11 is 0.